The van der Waals surface area contributed by atoms with Gasteiger partial charge in [0.05, 0.1) is 27.7 Å². The zero-order chi connectivity index (χ0) is 27.6. The van der Waals surface area contributed by atoms with E-state index in [1.807, 2.05) is 48.7 Å². The number of carbonyl (C=O) groups excluding carboxylic acids is 1. The quantitative estimate of drug-likeness (QED) is 0.194. The molecule has 198 valence electrons. The lowest BCUT2D eigenvalue weighted by Crippen LogP contribution is -2.26. The summed E-state index contributed by atoms with van der Waals surface area (Å²) in [7, 11) is 0. The Kier molecular flexibility index (Phi) is 7.79. The number of benzene rings is 3. The van der Waals surface area contributed by atoms with Crippen LogP contribution in [0.1, 0.15) is 16.7 Å². The standard InChI is InChI=1S/C27H18Cl2F3N5OS/c28-19-9-7-17(8-10-19)24-18(15-37(36-24)20-4-2-1-3-5-20)14-33-35-26-34-25(38)23(39-26)13-16-6-11-22(29)21(12-16)27(30,31)32/h1-12,14-15,23H,13H2,(H,34,35,38)/b33-14+. The molecule has 39 heavy (non-hydrogen) atoms. The summed E-state index contributed by atoms with van der Waals surface area (Å²) in [6.45, 7) is 0. The van der Waals surface area contributed by atoms with Gasteiger partial charge in [-0.1, -0.05) is 71.4 Å². The second kappa shape index (κ2) is 11.3. The van der Waals surface area contributed by atoms with Crippen molar-refractivity contribution in [1.82, 2.24) is 15.1 Å². The first-order chi connectivity index (χ1) is 18.7. The second-order valence-corrected chi connectivity index (χ2v) is 10.5. The fourth-order valence-electron chi connectivity index (χ4n) is 3.89. The summed E-state index contributed by atoms with van der Waals surface area (Å²) in [6.07, 6.45) is -1.17. The molecule has 1 aromatic heterocycles. The maximum Gasteiger partial charge on any atom is 0.417 e. The molecule has 1 N–H and O–H groups in total. The number of rotatable bonds is 6. The molecule has 3 aromatic carbocycles. The number of hydrogen-bond acceptors (Lipinski definition) is 5. The molecule has 4 aromatic rings. The van der Waals surface area contributed by atoms with E-state index >= 15 is 0 Å². The van der Waals surface area contributed by atoms with Crippen molar-refractivity contribution in [3.05, 3.63) is 106 Å². The zero-order valence-corrected chi connectivity index (χ0v) is 22.2. The van der Waals surface area contributed by atoms with Crippen molar-refractivity contribution >= 4 is 52.3 Å². The van der Waals surface area contributed by atoms with Crippen molar-refractivity contribution in [1.29, 1.82) is 0 Å². The van der Waals surface area contributed by atoms with Crippen molar-refractivity contribution < 1.29 is 18.0 Å². The molecule has 5 rings (SSSR count). The van der Waals surface area contributed by atoms with Crippen molar-refractivity contribution in [2.45, 2.75) is 17.8 Å². The molecule has 1 amide bonds. The van der Waals surface area contributed by atoms with Crippen LogP contribution in [0.25, 0.3) is 16.9 Å². The van der Waals surface area contributed by atoms with Crippen LogP contribution in [0.3, 0.4) is 0 Å². The summed E-state index contributed by atoms with van der Waals surface area (Å²) >= 11 is 12.8. The Morgan fingerprint density at radius 2 is 1.79 bits per heavy atom. The molecule has 12 heteroatoms. The van der Waals surface area contributed by atoms with Crippen LogP contribution in [0.4, 0.5) is 13.2 Å². The number of halogens is 5. The molecule has 1 unspecified atom stereocenters. The monoisotopic (exact) mass is 587 g/mol. The topological polar surface area (TPSA) is 71.6 Å². The molecule has 0 spiro atoms. The molecule has 0 saturated carbocycles. The van der Waals surface area contributed by atoms with E-state index in [4.69, 9.17) is 28.3 Å². The average Bonchev–Trinajstić information content (AvgIpc) is 3.49. The number of nitrogens with one attached hydrogen (secondary N) is 1. The Balaban J connectivity index is 1.35. The number of para-hydroxylation sites is 1. The van der Waals surface area contributed by atoms with E-state index in [1.165, 1.54) is 18.3 Å². The van der Waals surface area contributed by atoms with E-state index in [0.29, 0.717) is 21.8 Å². The summed E-state index contributed by atoms with van der Waals surface area (Å²) in [5, 5.41) is 15.4. The molecule has 0 bridgehead atoms. The molecule has 1 fully saturated rings. The summed E-state index contributed by atoms with van der Waals surface area (Å²) in [5.41, 5.74) is 2.42. The third-order valence-electron chi connectivity index (χ3n) is 5.76. The van der Waals surface area contributed by atoms with Crippen molar-refractivity contribution in [2.24, 2.45) is 10.2 Å². The average molecular weight is 588 g/mol. The minimum Gasteiger partial charge on any atom is -0.303 e. The van der Waals surface area contributed by atoms with Gasteiger partial charge in [0.25, 0.3) is 0 Å². The predicted octanol–water partition coefficient (Wildman–Crippen LogP) is 7.03. The fourth-order valence-corrected chi connectivity index (χ4v) is 5.20. The Morgan fingerprint density at radius 1 is 1.05 bits per heavy atom. The number of nitrogens with zero attached hydrogens (tertiary/aromatic N) is 4. The van der Waals surface area contributed by atoms with Crippen LogP contribution in [0, 0.1) is 0 Å². The lowest BCUT2D eigenvalue weighted by molar-refractivity contribution is -0.137. The predicted molar refractivity (Wildman–Crippen MR) is 149 cm³/mol. The van der Waals surface area contributed by atoms with Gasteiger partial charge in [-0.2, -0.15) is 23.4 Å². The minimum absolute atomic E-state index is 0.0735. The van der Waals surface area contributed by atoms with Gasteiger partial charge in [-0.3, -0.25) is 4.79 Å². The van der Waals surface area contributed by atoms with Gasteiger partial charge >= 0.3 is 6.18 Å². The molecule has 1 aliphatic heterocycles. The van der Waals surface area contributed by atoms with Crippen LogP contribution in [0.2, 0.25) is 10.0 Å². The number of amidine groups is 1. The van der Waals surface area contributed by atoms with Crippen molar-refractivity contribution in [3.63, 3.8) is 0 Å². The first-order valence-corrected chi connectivity index (χ1v) is 13.2. The van der Waals surface area contributed by atoms with Gasteiger partial charge in [-0.05, 0) is 48.4 Å². The highest BCUT2D eigenvalue weighted by Crippen LogP contribution is 2.36. The summed E-state index contributed by atoms with van der Waals surface area (Å²) < 4.78 is 41.3. The van der Waals surface area contributed by atoms with Gasteiger partial charge in [0.1, 0.15) is 5.69 Å². The molecular weight excluding hydrogens is 570 g/mol. The van der Waals surface area contributed by atoms with Gasteiger partial charge in [0.2, 0.25) is 5.91 Å². The summed E-state index contributed by atoms with van der Waals surface area (Å²) in [6, 6.07) is 20.4. The third kappa shape index (κ3) is 6.35. The normalized spacial score (nSPS) is 16.8. The Hall–Kier alpha value is -3.60. The van der Waals surface area contributed by atoms with E-state index in [1.54, 1.807) is 16.8 Å². The number of hydrogen-bond donors (Lipinski definition) is 1. The third-order valence-corrected chi connectivity index (χ3v) is 7.41. The number of amides is 1. The molecule has 6 nitrogen and oxygen atoms in total. The van der Waals surface area contributed by atoms with Crippen LogP contribution in [-0.4, -0.2) is 32.3 Å². The maximum absolute atomic E-state index is 13.2. The Labute approximate surface area is 235 Å². The summed E-state index contributed by atoms with van der Waals surface area (Å²) in [4.78, 5) is 12.5. The molecule has 1 saturated heterocycles. The molecule has 1 atom stereocenters. The van der Waals surface area contributed by atoms with Crippen LogP contribution in [-0.2, 0) is 17.4 Å². The molecule has 2 heterocycles. The Bertz CT molecular complexity index is 1570. The van der Waals surface area contributed by atoms with Crippen LogP contribution < -0.4 is 5.32 Å². The Morgan fingerprint density at radius 3 is 2.51 bits per heavy atom. The lowest BCUT2D eigenvalue weighted by atomic mass is 10.1. The van der Waals surface area contributed by atoms with Gasteiger partial charge in [0.15, 0.2) is 5.17 Å². The molecular formula is C27H18Cl2F3N5OS. The zero-order valence-electron chi connectivity index (χ0n) is 19.9. The number of thioether (sulfide) groups is 1. The van der Waals surface area contributed by atoms with Crippen molar-refractivity contribution in [2.75, 3.05) is 0 Å². The first-order valence-electron chi connectivity index (χ1n) is 11.5. The fraction of sp³-hybridized carbons (Fsp3) is 0.111. The maximum atomic E-state index is 13.2. The van der Waals surface area contributed by atoms with Gasteiger partial charge < -0.3 is 5.32 Å². The van der Waals surface area contributed by atoms with Crippen LogP contribution in [0.15, 0.2) is 89.2 Å². The highest BCUT2D eigenvalue weighted by atomic mass is 35.5. The number of alkyl halides is 3. The van der Waals surface area contributed by atoms with Gasteiger partial charge in [-0.25, -0.2) is 4.68 Å². The van der Waals surface area contributed by atoms with Gasteiger partial charge in [-0.15, -0.1) is 5.10 Å². The van der Waals surface area contributed by atoms with Crippen molar-refractivity contribution in [3.8, 4) is 16.9 Å². The molecule has 0 aliphatic carbocycles. The van der Waals surface area contributed by atoms with E-state index in [-0.39, 0.29) is 22.5 Å². The largest absolute Gasteiger partial charge is 0.417 e. The highest BCUT2D eigenvalue weighted by Gasteiger charge is 2.35. The minimum atomic E-state index is -4.58. The van der Waals surface area contributed by atoms with Crippen LogP contribution in [0.5, 0.6) is 0 Å². The second-order valence-electron chi connectivity index (χ2n) is 8.48. The van der Waals surface area contributed by atoms with E-state index in [0.717, 1.165) is 29.1 Å². The van der Waals surface area contributed by atoms with E-state index in [9.17, 15) is 18.0 Å². The molecule has 0 radical (unpaired) electrons. The lowest BCUT2D eigenvalue weighted by Gasteiger charge is -2.12. The summed E-state index contributed by atoms with van der Waals surface area (Å²) in [5.74, 6) is -0.365. The van der Waals surface area contributed by atoms with E-state index in [2.05, 4.69) is 15.5 Å². The number of carbonyl (C=O) groups is 1. The first kappa shape index (κ1) is 27.0. The van der Waals surface area contributed by atoms with Crippen LogP contribution >= 0.6 is 35.0 Å². The SMILES string of the molecule is O=C1N/C(=N\N=C\c2cn(-c3ccccc3)nc2-c2ccc(Cl)cc2)SC1Cc1ccc(Cl)c(C(F)(F)F)c1. The highest BCUT2D eigenvalue weighted by molar-refractivity contribution is 8.15. The number of aromatic nitrogens is 2. The van der Waals surface area contributed by atoms with E-state index < -0.39 is 17.0 Å². The smallest absolute Gasteiger partial charge is 0.303 e. The molecule has 1 aliphatic rings. The van der Waals surface area contributed by atoms with Gasteiger partial charge in [0, 0.05) is 22.3 Å².